The maximum atomic E-state index is 12.0. The molecular weight excluding hydrogens is 235 g/mol. The van der Waals surface area contributed by atoms with Crippen molar-refractivity contribution in [2.75, 3.05) is 14.0 Å². The minimum Gasteiger partial charge on any atom is -0.497 e. The van der Waals surface area contributed by atoms with Crippen molar-refractivity contribution in [2.24, 2.45) is 0 Å². The lowest BCUT2D eigenvalue weighted by Crippen LogP contribution is -1.99. The molecule has 2 rings (SSSR count). The van der Waals surface area contributed by atoms with Gasteiger partial charge in [-0.2, -0.15) is 5.26 Å². The second-order valence-corrected chi connectivity index (χ2v) is 3.78. The number of methoxy groups -OCH3 is 1. The molecule has 0 fully saturated rings. The van der Waals surface area contributed by atoms with Crippen molar-refractivity contribution in [3.8, 4) is 11.8 Å². The van der Waals surface area contributed by atoms with Crippen LogP contribution in [0, 0.1) is 11.3 Å². The smallest absolute Gasteiger partial charge is 0.190 e. The molecule has 0 radical (unpaired) electrons. The fourth-order valence-electron chi connectivity index (χ4n) is 1.94. The van der Waals surface area contributed by atoms with E-state index in [1.54, 1.807) is 11.7 Å². The molecule has 1 aromatic heterocycles. The summed E-state index contributed by atoms with van der Waals surface area (Å²) in [6, 6.07) is 7.68. The van der Waals surface area contributed by atoms with Gasteiger partial charge in [-0.15, -0.1) is 0 Å². The zero-order valence-corrected chi connectivity index (χ0v) is 10.0. The Morgan fingerprint density at radius 1 is 1.44 bits per heavy atom. The Bertz CT molecular complexity index is 586. The predicted octanol–water partition coefficient (Wildman–Crippen LogP) is 2.62. The Morgan fingerprint density at radius 3 is 2.94 bits per heavy atom. The number of nitriles is 1. The first-order valence-corrected chi connectivity index (χ1v) is 5.46. The fraction of sp³-hybridized carbons (Fsp3) is 0.308. The van der Waals surface area contributed by atoms with Crippen molar-refractivity contribution >= 4 is 10.9 Å². The average molecular weight is 248 g/mol. The summed E-state index contributed by atoms with van der Waals surface area (Å²) in [6.07, 6.45) is 2.11. The van der Waals surface area contributed by atoms with Gasteiger partial charge in [0.1, 0.15) is 12.5 Å². The van der Waals surface area contributed by atoms with Gasteiger partial charge in [0, 0.05) is 11.6 Å². The minimum atomic E-state index is -0.830. The van der Waals surface area contributed by atoms with Crippen LogP contribution >= 0.6 is 0 Å². The SMILES string of the molecule is COc1ccc2c(c1)c(CC#N)cn2COCF. The number of benzene rings is 1. The molecule has 2 aromatic rings. The van der Waals surface area contributed by atoms with E-state index < -0.39 is 6.86 Å². The van der Waals surface area contributed by atoms with E-state index in [-0.39, 0.29) is 6.73 Å². The summed E-state index contributed by atoms with van der Waals surface area (Å²) in [5, 5.41) is 9.74. The highest BCUT2D eigenvalue weighted by Crippen LogP contribution is 2.26. The predicted molar refractivity (Wildman–Crippen MR) is 64.9 cm³/mol. The molecular formula is C13H13FN2O2. The summed E-state index contributed by atoms with van der Waals surface area (Å²) in [5.74, 6) is 0.728. The highest BCUT2D eigenvalue weighted by molar-refractivity contribution is 5.85. The maximum Gasteiger partial charge on any atom is 0.190 e. The van der Waals surface area contributed by atoms with Gasteiger partial charge >= 0.3 is 0 Å². The Balaban J connectivity index is 2.50. The van der Waals surface area contributed by atoms with Gasteiger partial charge in [-0.25, -0.2) is 4.39 Å². The van der Waals surface area contributed by atoms with Crippen LogP contribution in [0.5, 0.6) is 5.75 Å². The largest absolute Gasteiger partial charge is 0.497 e. The normalized spacial score (nSPS) is 10.5. The molecule has 0 aliphatic rings. The van der Waals surface area contributed by atoms with Crippen LogP contribution in [0.25, 0.3) is 10.9 Å². The van der Waals surface area contributed by atoms with Crippen molar-refractivity contribution in [1.29, 1.82) is 5.26 Å². The van der Waals surface area contributed by atoms with E-state index in [1.165, 1.54) is 0 Å². The lowest BCUT2D eigenvalue weighted by molar-refractivity contribution is 0.0161. The molecule has 0 bridgehead atoms. The first-order chi connectivity index (χ1) is 8.80. The van der Waals surface area contributed by atoms with Crippen LogP contribution in [0.1, 0.15) is 5.56 Å². The third-order valence-corrected chi connectivity index (χ3v) is 2.75. The van der Waals surface area contributed by atoms with Crippen molar-refractivity contribution < 1.29 is 13.9 Å². The average Bonchev–Trinajstić information content (AvgIpc) is 2.74. The molecule has 0 saturated carbocycles. The van der Waals surface area contributed by atoms with Crippen LogP contribution in [0.4, 0.5) is 4.39 Å². The standard InChI is InChI=1S/C13H13FN2O2/c1-17-11-2-3-13-12(6-11)10(4-5-15)7-16(13)9-18-8-14/h2-3,6-7H,4,8-9H2,1H3. The molecule has 0 atom stereocenters. The summed E-state index contributed by atoms with van der Waals surface area (Å²) in [5.41, 5.74) is 1.78. The van der Waals surface area contributed by atoms with E-state index in [2.05, 4.69) is 6.07 Å². The van der Waals surface area contributed by atoms with E-state index in [0.29, 0.717) is 6.42 Å². The zero-order valence-electron chi connectivity index (χ0n) is 10.0. The Morgan fingerprint density at radius 2 is 2.28 bits per heavy atom. The van der Waals surface area contributed by atoms with Crippen LogP contribution in [0.2, 0.25) is 0 Å². The summed E-state index contributed by atoms with van der Waals surface area (Å²) in [4.78, 5) is 0. The number of rotatable bonds is 5. The lowest BCUT2D eigenvalue weighted by Gasteiger charge is -2.04. The highest BCUT2D eigenvalue weighted by Gasteiger charge is 2.09. The van der Waals surface area contributed by atoms with Gasteiger partial charge in [-0.1, -0.05) is 0 Å². The molecule has 1 heterocycles. The van der Waals surface area contributed by atoms with Crippen molar-refractivity contribution in [3.05, 3.63) is 30.0 Å². The second-order valence-electron chi connectivity index (χ2n) is 3.78. The molecule has 18 heavy (non-hydrogen) atoms. The molecule has 0 amide bonds. The van der Waals surface area contributed by atoms with Gasteiger partial charge in [0.2, 0.25) is 0 Å². The van der Waals surface area contributed by atoms with Crippen LogP contribution < -0.4 is 4.74 Å². The third kappa shape index (κ3) is 2.29. The molecule has 94 valence electrons. The van der Waals surface area contributed by atoms with Crippen LogP contribution in [-0.2, 0) is 17.9 Å². The number of fused-ring (bicyclic) bond motifs is 1. The number of hydrogen-bond donors (Lipinski definition) is 0. The second kappa shape index (κ2) is 5.52. The third-order valence-electron chi connectivity index (χ3n) is 2.75. The lowest BCUT2D eigenvalue weighted by atomic mass is 10.1. The van der Waals surface area contributed by atoms with Crippen LogP contribution in [-0.4, -0.2) is 18.5 Å². The van der Waals surface area contributed by atoms with Crippen molar-refractivity contribution in [2.45, 2.75) is 13.2 Å². The quantitative estimate of drug-likeness (QED) is 0.817. The molecule has 4 nitrogen and oxygen atoms in total. The molecule has 5 heteroatoms. The van der Waals surface area contributed by atoms with Crippen molar-refractivity contribution in [3.63, 3.8) is 0 Å². The number of nitrogens with zero attached hydrogens (tertiary/aromatic N) is 2. The summed E-state index contributed by atoms with van der Waals surface area (Å²) >= 11 is 0. The van der Waals surface area contributed by atoms with E-state index in [1.807, 2.05) is 24.4 Å². The van der Waals surface area contributed by atoms with E-state index in [0.717, 1.165) is 22.2 Å². The molecule has 0 aliphatic carbocycles. The van der Waals surface area contributed by atoms with E-state index in [9.17, 15) is 4.39 Å². The number of ether oxygens (including phenoxy) is 2. The number of aromatic nitrogens is 1. The first kappa shape index (κ1) is 12.4. The summed E-state index contributed by atoms with van der Waals surface area (Å²) < 4.78 is 23.7. The van der Waals surface area contributed by atoms with Crippen LogP contribution in [0.3, 0.4) is 0 Å². The molecule has 1 aromatic carbocycles. The Hall–Kier alpha value is -2.06. The number of hydrogen-bond acceptors (Lipinski definition) is 3. The maximum absolute atomic E-state index is 12.0. The van der Waals surface area contributed by atoms with Gasteiger partial charge in [0.15, 0.2) is 6.86 Å². The fourth-order valence-corrected chi connectivity index (χ4v) is 1.94. The number of alkyl halides is 1. The Kier molecular flexibility index (Phi) is 3.80. The number of halogens is 1. The highest BCUT2D eigenvalue weighted by atomic mass is 19.1. The van der Waals surface area contributed by atoms with Crippen LogP contribution in [0.15, 0.2) is 24.4 Å². The molecule has 0 aliphatic heterocycles. The zero-order chi connectivity index (χ0) is 13.0. The van der Waals surface area contributed by atoms with Gasteiger partial charge in [-0.05, 0) is 23.8 Å². The summed E-state index contributed by atoms with van der Waals surface area (Å²) in [6.45, 7) is -0.700. The topological polar surface area (TPSA) is 47.2 Å². The molecule has 0 N–H and O–H groups in total. The van der Waals surface area contributed by atoms with E-state index >= 15 is 0 Å². The Labute approximate surface area is 104 Å². The molecule has 0 unspecified atom stereocenters. The van der Waals surface area contributed by atoms with Crippen molar-refractivity contribution in [1.82, 2.24) is 4.57 Å². The first-order valence-electron chi connectivity index (χ1n) is 5.46. The molecule has 0 saturated heterocycles. The van der Waals surface area contributed by atoms with Gasteiger partial charge in [0.05, 0.1) is 25.1 Å². The van der Waals surface area contributed by atoms with Gasteiger partial charge in [-0.3, -0.25) is 0 Å². The minimum absolute atomic E-state index is 0.130. The van der Waals surface area contributed by atoms with Gasteiger partial charge in [0.25, 0.3) is 0 Å². The summed E-state index contributed by atoms with van der Waals surface area (Å²) in [7, 11) is 1.59. The monoisotopic (exact) mass is 248 g/mol. The van der Waals surface area contributed by atoms with Gasteiger partial charge < -0.3 is 14.0 Å². The van der Waals surface area contributed by atoms with E-state index in [4.69, 9.17) is 14.7 Å². The molecule has 0 spiro atoms.